The Morgan fingerprint density at radius 3 is 2.70 bits per heavy atom. The molecular formula is C20H22F2N4O. The molecule has 0 aliphatic rings. The summed E-state index contributed by atoms with van der Waals surface area (Å²) in [5.41, 5.74) is 0.923. The molecular weight excluding hydrogens is 350 g/mol. The van der Waals surface area contributed by atoms with Crippen LogP contribution in [0.4, 0.5) is 14.5 Å². The average Bonchev–Trinajstić information content (AvgIpc) is 3.17. The number of hydrogen-bond donors (Lipinski definition) is 1. The van der Waals surface area contributed by atoms with E-state index in [4.69, 9.17) is 0 Å². The van der Waals surface area contributed by atoms with Crippen molar-refractivity contribution in [3.63, 3.8) is 0 Å². The Labute approximate surface area is 156 Å². The van der Waals surface area contributed by atoms with Crippen LogP contribution >= 0.6 is 0 Å². The molecule has 5 nitrogen and oxygen atoms in total. The Morgan fingerprint density at radius 1 is 1.30 bits per heavy atom. The van der Waals surface area contributed by atoms with E-state index in [0.717, 1.165) is 10.9 Å². The number of carbonyl (C=O) groups excluding carboxylic acids is 1. The smallest absolute Gasteiger partial charge is 0.284 e. The van der Waals surface area contributed by atoms with Crippen molar-refractivity contribution in [2.45, 2.75) is 33.4 Å². The van der Waals surface area contributed by atoms with Gasteiger partial charge in [0.25, 0.3) is 12.3 Å². The van der Waals surface area contributed by atoms with Crippen LogP contribution in [0.1, 0.15) is 36.3 Å². The summed E-state index contributed by atoms with van der Waals surface area (Å²) >= 11 is 0. The Balaban J connectivity index is 1.95. The molecule has 3 rings (SSSR count). The fourth-order valence-electron chi connectivity index (χ4n) is 3.07. The van der Waals surface area contributed by atoms with E-state index in [1.54, 1.807) is 12.3 Å². The normalized spacial score (nSPS) is 11.5. The summed E-state index contributed by atoms with van der Waals surface area (Å²) in [6, 6.07) is 7.46. The van der Waals surface area contributed by atoms with Crippen molar-refractivity contribution in [2.75, 3.05) is 5.32 Å². The highest BCUT2D eigenvalue weighted by Crippen LogP contribution is 2.28. The largest absolute Gasteiger partial charge is 0.343 e. The van der Waals surface area contributed by atoms with E-state index < -0.39 is 18.0 Å². The first kappa shape index (κ1) is 18.8. The first-order valence-electron chi connectivity index (χ1n) is 8.76. The molecule has 7 heteroatoms. The number of anilines is 1. The van der Waals surface area contributed by atoms with Gasteiger partial charge in [-0.25, -0.2) is 8.78 Å². The fraction of sp³-hybridized carbons (Fsp3) is 0.300. The van der Waals surface area contributed by atoms with Gasteiger partial charge in [-0.1, -0.05) is 38.1 Å². The van der Waals surface area contributed by atoms with E-state index in [2.05, 4.69) is 17.0 Å². The minimum Gasteiger partial charge on any atom is -0.343 e. The highest BCUT2D eigenvalue weighted by atomic mass is 19.3. The van der Waals surface area contributed by atoms with Crippen molar-refractivity contribution in [3.05, 3.63) is 60.6 Å². The van der Waals surface area contributed by atoms with Crippen LogP contribution in [0.25, 0.3) is 10.9 Å². The van der Waals surface area contributed by atoms with E-state index in [1.807, 2.05) is 42.7 Å². The van der Waals surface area contributed by atoms with Crippen molar-refractivity contribution in [3.8, 4) is 0 Å². The van der Waals surface area contributed by atoms with Crippen molar-refractivity contribution in [1.29, 1.82) is 0 Å². The molecule has 0 aliphatic heterocycles. The number of carbonyl (C=O) groups is 1. The Morgan fingerprint density at radius 2 is 2.04 bits per heavy atom. The third-order valence-corrected chi connectivity index (χ3v) is 4.16. The predicted molar refractivity (Wildman–Crippen MR) is 102 cm³/mol. The maximum absolute atomic E-state index is 13.3. The van der Waals surface area contributed by atoms with Crippen molar-refractivity contribution < 1.29 is 13.6 Å². The lowest BCUT2D eigenvalue weighted by molar-refractivity contribution is 0.102. The van der Waals surface area contributed by atoms with Crippen LogP contribution in [0.15, 0.2) is 49.3 Å². The van der Waals surface area contributed by atoms with Crippen LogP contribution in [0, 0.1) is 5.92 Å². The zero-order valence-electron chi connectivity index (χ0n) is 15.3. The summed E-state index contributed by atoms with van der Waals surface area (Å²) < 4.78 is 30.0. The molecule has 0 saturated heterocycles. The van der Waals surface area contributed by atoms with Gasteiger partial charge in [-0.2, -0.15) is 5.10 Å². The van der Waals surface area contributed by atoms with Gasteiger partial charge in [0.2, 0.25) is 0 Å². The molecule has 0 aliphatic carbocycles. The van der Waals surface area contributed by atoms with Crippen LogP contribution in [0.5, 0.6) is 0 Å². The van der Waals surface area contributed by atoms with Gasteiger partial charge in [-0.05, 0) is 12.0 Å². The molecule has 0 spiro atoms. The first-order chi connectivity index (χ1) is 12.9. The van der Waals surface area contributed by atoms with E-state index in [-0.39, 0.29) is 11.6 Å². The Hall–Kier alpha value is -2.96. The van der Waals surface area contributed by atoms with Crippen molar-refractivity contribution >= 4 is 22.5 Å². The van der Waals surface area contributed by atoms with Gasteiger partial charge in [0.15, 0.2) is 5.69 Å². The lowest BCUT2D eigenvalue weighted by Gasteiger charge is -2.04. The standard InChI is InChI=1S/C20H22F2N4O/c1-4-9-25-11-15(14-7-5-6-8-17(14)25)20(27)23-16-12-26(10-13(2)3)24-18(16)19(21)22/h4-8,11-13,19H,1,9-10H2,2-3H3,(H,23,27). The van der Waals surface area contributed by atoms with E-state index in [0.29, 0.717) is 18.7 Å². The number of fused-ring (bicyclic) bond motifs is 1. The summed E-state index contributed by atoms with van der Waals surface area (Å²) in [6.07, 6.45) is 2.14. The SMILES string of the molecule is C=CCn1cc(C(=O)Nc2cn(CC(C)C)nc2C(F)F)c2ccccc21. The number of aromatic nitrogens is 3. The number of alkyl halides is 2. The Bertz CT molecular complexity index is 972. The molecule has 2 aromatic heterocycles. The molecule has 1 N–H and O–H groups in total. The zero-order valence-corrected chi connectivity index (χ0v) is 15.3. The molecule has 0 atom stereocenters. The number of para-hydroxylation sites is 1. The Kier molecular flexibility index (Phi) is 5.39. The number of allylic oxidation sites excluding steroid dienone is 1. The second-order valence-corrected chi connectivity index (χ2v) is 6.80. The van der Waals surface area contributed by atoms with Gasteiger partial charge in [0.05, 0.1) is 11.3 Å². The predicted octanol–water partition coefficient (Wildman–Crippen LogP) is 4.87. The first-order valence-corrected chi connectivity index (χ1v) is 8.76. The summed E-state index contributed by atoms with van der Waals surface area (Å²) in [5.74, 6) is -0.198. The molecule has 142 valence electrons. The van der Waals surface area contributed by atoms with Gasteiger partial charge in [-0.15, -0.1) is 6.58 Å². The number of rotatable bonds is 7. The molecule has 1 amide bonds. The molecule has 0 radical (unpaired) electrons. The molecule has 0 unspecified atom stereocenters. The van der Waals surface area contributed by atoms with E-state index in [1.165, 1.54) is 10.9 Å². The molecule has 3 aromatic rings. The molecule has 1 aromatic carbocycles. The highest BCUT2D eigenvalue weighted by Gasteiger charge is 2.22. The summed E-state index contributed by atoms with van der Waals surface area (Å²) in [5, 5.41) is 7.29. The third-order valence-electron chi connectivity index (χ3n) is 4.16. The number of hydrogen-bond acceptors (Lipinski definition) is 2. The van der Waals surface area contributed by atoms with Crippen LogP contribution in [0.2, 0.25) is 0 Å². The second kappa shape index (κ2) is 7.73. The lowest BCUT2D eigenvalue weighted by atomic mass is 10.1. The second-order valence-electron chi connectivity index (χ2n) is 6.80. The van der Waals surface area contributed by atoms with Gasteiger partial charge in [0.1, 0.15) is 0 Å². The number of amides is 1. The van der Waals surface area contributed by atoms with E-state index in [9.17, 15) is 13.6 Å². The summed E-state index contributed by atoms with van der Waals surface area (Å²) in [6.45, 7) is 8.70. The number of nitrogens with one attached hydrogen (secondary N) is 1. The number of benzene rings is 1. The minimum absolute atomic E-state index is 0.0381. The number of nitrogens with zero attached hydrogens (tertiary/aromatic N) is 3. The van der Waals surface area contributed by atoms with Gasteiger partial charge < -0.3 is 9.88 Å². The maximum atomic E-state index is 13.3. The summed E-state index contributed by atoms with van der Waals surface area (Å²) in [7, 11) is 0. The monoisotopic (exact) mass is 372 g/mol. The van der Waals surface area contributed by atoms with Crippen LogP contribution in [0.3, 0.4) is 0 Å². The average molecular weight is 372 g/mol. The lowest BCUT2D eigenvalue weighted by Crippen LogP contribution is -2.12. The van der Waals surface area contributed by atoms with E-state index >= 15 is 0 Å². The van der Waals surface area contributed by atoms with Gasteiger partial charge >= 0.3 is 0 Å². The van der Waals surface area contributed by atoms with Gasteiger partial charge in [-0.3, -0.25) is 9.48 Å². The van der Waals surface area contributed by atoms with Crippen molar-refractivity contribution in [2.24, 2.45) is 5.92 Å². The van der Waals surface area contributed by atoms with Gasteiger partial charge in [0, 0.05) is 36.4 Å². The minimum atomic E-state index is -2.77. The third kappa shape index (κ3) is 3.92. The molecule has 0 bridgehead atoms. The molecule has 2 heterocycles. The zero-order chi connectivity index (χ0) is 19.6. The van der Waals surface area contributed by atoms with Crippen LogP contribution in [-0.2, 0) is 13.1 Å². The molecule has 27 heavy (non-hydrogen) atoms. The van der Waals surface area contributed by atoms with Crippen LogP contribution in [-0.4, -0.2) is 20.3 Å². The maximum Gasteiger partial charge on any atom is 0.284 e. The molecule has 0 saturated carbocycles. The number of halogens is 2. The fourth-order valence-corrected chi connectivity index (χ4v) is 3.07. The highest BCUT2D eigenvalue weighted by molar-refractivity contribution is 6.13. The van der Waals surface area contributed by atoms with Crippen LogP contribution < -0.4 is 5.32 Å². The quantitative estimate of drug-likeness (QED) is 0.602. The summed E-state index contributed by atoms with van der Waals surface area (Å²) in [4.78, 5) is 12.8. The topological polar surface area (TPSA) is 51.9 Å². The van der Waals surface area contributed by atoms with Crippen molar-refractivity contribution in [1.82, 2.24) is 14.3 Å². The molecule has 0 fully saturated rings.